The van der Waals surface area contributed by atoms with Crippen molar-refractivity contribution in [3.05, 3.63) is 99.8 Å². The number of nitrogens with one attached hydrogen (secondary N) is 1. The average molecular weight is 428 g/mol. The highest BCUT2D eigenvalue weighted by Gasteiger charge is 2.22. The summed E-state index contributed by atoms with van der Waals surface area (Å²) in [4.78, 5) is 30.9. The lowest BCUT2D eigenvalue weighted by atomic mass is 10.1. The summed E-state index contributed by atoms with van der Waals surface area (Å²) in [5.74, 6) is 0.954. The highest BCUT2D eigenvalue weighted by atomic mass is 16.5. The van der Waals surface area contributed by atoms with Crippen LogP contribution in [0.5, 0.6) is 11.5 Å². The van der Waals surface area contributed by atoms with Gasteiger partial charge in [-0.25, -0.2) is 0 Å². The minimum atomic E-state index is -0.249. The number of rotatable bonds is 6. The van der Waals surface area contributed by atoms with Crippen LogP contribution in [0.1, 0.15) is 21.5 Å². The molecule has 0 atom stereocenters. The lowest BCUT2D eigenvalue weighted by Crippen LogP contribution is -2.33. The largest absolute Gasteiger partial charge is 0.497 e. The van der Waals surface area contributed by atoms with Crippen LogP contribution in [-0.4, -0.2) is 25.1 Å². The zero-order valence-electron chi connectivity index (χ0n) is 18.2. The Balaban J connectivity index is 1.80. The average Bonchev–Trinajstić information content (AvgIpc) is 2.82. The maximum absolute atomic E-state index is 13.6. The first kappa shape index (κ1) is 21.2. The number of methoxy groups -OCH3 is 2. The second-order valence-electron chi connectivity index (χ2n) is 7.51. The van der Waals surface area contributed by atoms with Crippen molar-refractivity contribution in [1.29, 1.82) is 0 Å². The number of carbonyl (C=O) groups is 1. The highest BCUT2D eigenvalue weighted by Crippen LogP contribution is 2.30. The zero-order valence-corrected chi connectivity index (χ0v) is 18.2. The van der Waals surface area contributed by atoms with Crippen LogP contribution in [0.3, 0.4) is 0 Å². The SMILES string of the molecule is COc1ccc(C(=O)N(Cc2cc3cc(C)ccc3[nH]c2=O)c2ccccc2OC)cc1. The number of aromatic nitrogens is 1. The molecule has 6 nitrogen and oxygen atoms in total. The number of hydrogen-bond donors (Lipinski definition) is 1. The molecule has 1 heterocycles. The summed E-state index contributed by atoms with van der Waals surface area (Å²) in [5.41, 5.74) is 3.16. The van der Waals surface area contributed by atoms with E-state index in [1.165, 1.54) is 0 Å². The molecule has 162 valence electrons. The molecule has 0 saturated heterocycles. The number of fused-ring (bicyclic) bond motifs is 1. The molecule has 0 unspecified atom stereocenters. The van der Waals surface area contributed by atoms with Crippen LogP contribution in [0.15, 0.2) is 77.6 Å². The summed E-state index contributed by atoms with van der Waals surface area (Å²) in [5, 5.41) is 0.913. The summed E-state index contributed by atoms with van der Waals surface area (Å²) in [7, 11) is 3.13. The van der Waals surface area contributed by atoms with E-state index < -0.39 is 0 Å². The number of hydrogen-bond acceptors (Lipinski definition) is 4. The molecule has 4 rings (SSSR count). The van der Waals surface area contributed by atoms with Gasteiger partial charge in [0, 0.05) is 16.6 Å². The van der Waals surface area contributed by atoms with E-state index in [1.54, 1.807) is 55.5 Å². The minimum Gasteiger partial charge on any atom is -0.497 e. The maximum Gasteiger partial charge on any atom is 0.258 e. The lowest BCUT2D eigenvalue weighted by Gasteiger charge is -2.25. The van der Waals surface area contributed by atoms with Gasteiger partial charge in [-0.05, 0) is 66.9 Å². The van der Waals surface area contributed by atoms with Crippen molar-refractivity contribution in [2.75, 3.05) is 19.1 Å². The fourth-order valence-electron chi connectivity index (χ4n) is 3.67. The summed E-state index contributed by atoms with van der Waals surface area (Å²) in [6, 6.07) is 21.8. The fraction of sp³-hybridized carbons (Fsp3) is 0.154. The maximum atomic E-state index is 13.6. The molecule has 0 bridgehead atoms. The van der Waals surface area contributed by atoms with E-state index >= 15 is 0 Å². The number of para-hydroxylation sites is 2. The first-order chi connectivity index (χ1) is 15.5. The summed E-state index contributed by atoms with van der Waals surface area (Å²) in [6.45, 7) is 2.09. The van der Waals surface area contributed by atoms with E-state index in [0.717, 1.165) is 16.5 Å². The van der Waals surface area contributed by atoms with Gasteiger partial charge in [0.05, 0.1) is 26.5 Å². The number of pyridine rings is 1. The molecule has 32 heavy (non-hydrogen) atoms. The van der Waals surface area contributed by atoms with Crippen molar-refractivity contribution in [3.63, 3.8) is 0 Å². The van der Waals surface area contributed by atoms with Gasteiger partial charge in [0.1, 0.15) is 11.5 Å². The van der Waals surface area contributed by atoms with Crippen molar-refractivity contribution in [2.24, 2.45) is 0 Å². The van der Waals surface area contributed by atoms with Gasteiger partial charge >= 0.3 is 0 Å². The van der Waals surface area contributed by atoms with Crippen molar-refractivity contribution in [3.8, 4) is 11.5 Å². The molecule has 0 radical (unpaired) electrons. The van der Waals surface area contributed by atoms with E-state index in [4.69, 9.17) is 9.47 Å². The first-order valence-electron chi connectivity index (χ1n) is 10.2. The molecular weight excluding hydrogens is 404 g/mol. The van der Waals surface area contributed by atoms with Gasteiger partial charge in [-0.15, -0.1) is 0 Å². The Morgan fingerprint density at radius 3 is 2.41 bits per heavy atom. The highest BCUT2D eigenvalue weighted by molar-refractivity contribution is 6.07. The second kappa shape index (κ2) is 8.98. The molecule has 1 amide bonds. The third kappa shape index (κ3) is 4.21. The first-order valence-corrected chi connectivity index (χ1v) is 10.2. The number of aryl methyl sites for hydroxylation is 1. The number of nitrogens with zero attached hydrogens (tertiary/aromatic N) is 1. The number of amides is 1. The molecule has 1 aromatic heterocycles. The summed E-state index contributed by atoms with van der Waals surface area (Å²) >= 11 is 0. The number of benzene rings is 3. The van der Waals surface area contributed by atoms with Crippen LogP contribution in [0, 0.1) is 6.92 Å². The Morgan fingerprint density at radius 1 is 0.938 bits per heavy atom. The Kier molecular flexibility index (Phi) is 5.94. The van der Waals surface area contributed by atoms with Crippen molar-refractivity contribution >= 4 is 22.5 Å². The number of aromatic amines is 1. The van der Waals surface area contributed by atoms with E-state index in [2.05, 4.69) is 4.98 Å². The topological polar surface area (TPSA) is 71.6 Å². The van der Waals surface area contributed by atoms with E-state index in [0.29, 0.717) is 28.3 Å². The predicted octanol–water partition coefficient (Wildman–Crippen LogP) is 4.70. The van der Waals surface area contributed by atoms with Crippen LogP contribution in [0.25, 0.3) is 10.9 Å². The molecular formula is C26H24N2O4. The van der Waals surface area contributed by atoms with Crippen LogP contribution < -0.4 is 19.9 Å². The van der Waals surface area contributed by atoms with Gasteiger partial charge in [0.25, 0.3) is 11.5 Å². The van der Waals surface area contributed by atoms with Crippen molar-refractivity contribution in [1.82, 2.24) is 4.98 Å². The molecule has 0 aliphatic rings. The Hall–Kier alpha value is -4.06. The Bertz CT molecular complexity index is 1330. The minimum absolute atomic E-state index is 0.0877. The van der Waals surface area contributed by atoms with Gasteiger partial charge < -0.3 is 19.4 Å². The number of H-pyrrole nitrogens is 1. The predicted molar refractivity (Wildman–Crippen MR) is 126 cm³/mol. The van der Waals surface area contributed by atoms with Crippen LogP contribution in [0.4, 0.5) is 5.69 Å². The fourth-order valence-corrected chi connectivity index (χ4v) is 3.67. The van der Waals surface area contributed by atoms with E-state index in [9.17, 15) is 9.59 Å². The molecule has 0 fully saturated rings. The third-order valence-corrected chi connectivity index (χ3v) is 5.36. The van der Waals surface area contributed by atoms with Crippen molar-refractivity contribution in [2.45, 2.75) is 13.5 Å². The smallest absolute Gasteiger partial charge is 0.258 e. The Morgan fingerprint density at radius 2 is 1.69 bits per heavy atom. The van der Waals surface area contributed by atoms with E-state index in [1.807, 2.05) is 43.3 Å². The Labute approximate surface area is 186 Å². The normalized spacial score (nSPS) is 10.7. The quantitative estimate of drug-likeness (QED) is 0.483. The van der Waals surface area contributed by atoms with Gasteiger partial charge in [0.15, 0.2) is 0 Å². The van der Waals surface area contributed by atoms with Gasteiger partial charge in [-0.3, -0.25) is 9.59 Å². The third-order valence-electron chi connectivity index (χ3n) is 5.36. The number of carbonyl (C=O) groups excluding carboxylic acids is 1. The van der Waals surface area contributed by atoms with Crippen LogP contribution in [-0.2, 0) is 6.54 Å². The molecule has 0 spiro atoms. The van der Waals surface area contributed by atoms with Crippen LogP contribution >= 0.6 is 0 Å². The zero-order chi connectivity index (χ0) is 22.7. The molecule has 0 saturated carbocycles. The lowest BCUT2D eigenvalue weighted by molar-refractivity contribution is 0.0984. The molecule has 4 aromatic rings. The van der Waals surface area contributed by atoms with E-state index in [-0.39, 0.29) is 18.0 Å². The molecule has 3 aromatic carbocycles. The monoisotopic (exact) mass is 428 g/mol. The number of anilines is 1. The molecule has 1 N–H and O–H groups in total. The van der Waals surface area contributed by atoms with Gasteiger partial charge in [-0.1, -0.05) is 23.8 Å². The van der Waals surface area contributed by atoms with Crippen molar-refractivity contribution < 1.29 is 14.3 Å². The second-order valence-corrected chi connectivity index (χ2v) is 7.51. The summed E-state index contributed by atoms with van der Waals surface area (Å²) < 4.78 is 10.7. The number of ether oxygens (including phenoxy) is 2. The summed E-state index contributed by atoms with van der Waals surface area (Å²) in [6.07, 6.45) is 0. The van der Waals surface area contributed by atoms with Gasteiger partial charge in [0.2, 0.25) is 0 Å². The van der Waals surface area contributed by atoms with Gasteiger partial charge in [-0.2, -0.15) is 0 Å². The standard InChI is InChI=1S/C26H24N2O4/c1-17-8-13-22-19(14-17)15-20(25(29)27-22)16-28(23-6-4-5-7-24(23)32-3)26(30)18-9-11-21(31-2)12-10-18/h4-15H,16H2,1-3H3,(H,27,29). The molecule has 0 aliphatic heterocycles. The van der Waals surface area contributed by atoms with Crippen LogP contribution in [0.2, 0.25) is 0 Å². The molecule has 6 heteroatoms. The molecule has 0 aliphatic carbocycles.